The molecule has 96 valence electrons. The molecule has 1 aromatic carbocycles. The van der Waals surface area contributed by atoms with Crippen LogP contribution in [0.15, 0.2) is 28.7 Å². The molecule has 1 aromatic rings. The smallest absolute Gasteiger partial charge is 0.213 e. The van der Waals surface area contributed by atoms with Crippen molar-refractivity contribution in [1.29, 1.82) is 0 Å². The summed E-state index contributed by atoms with van der Waals surface area (Å²) in [6, 6.07) is 7.56. The largest absolute Gasteiger partial charge is 0.316 e. The Morgan fingerprint density at radius 1 is 1.29 bits per heavy atom. The highest BCUT2D eigenvalue weighted by Crippen LogP contribution is 2.15. The van der Waals surface area contributed by atoms with Gasteiger partial charge in [0, 0.05) is 17.6 Å². The zero-order chi connectivity index (χ0) is 12.7. The summed E-state index contributed by atoms with van der Waals surface area (Å²) in [6.07, 6.45) is 0. The zero-order valence-corrected chi connectivity index (χ0v) is 12.1. The van der Waals surface area contributed by atoms with Gasteiger partial charge in [0.05, 0.1) is 5.75 Å². The molecule has 4 nitrogen and oxygen atoms in total. The lowest BCUT2D eigenvalue weighted by Gasteiger charge is -2.08. The quantitative estimate of drug-likeness (QED) is 0.748. The van der Waals surface area contributed by atoms with Crippen LogP contribution in [0.3, 0.4) is 0 Å². The highest BCUT2D eigenvalue weighted by atomic mass is 79.9. The zero-order valence-electron chi connectivity index (χ0n) is 9.74. The molecule has 6 heteroatoms. The van der Waals surface area contributed by atoms with Crippen LogP contribution in [-0.4, -0.2) is 27.3 Å². The first-order valence-corrected chi connectivity index (χ1v) is 7.91. The minimum absolute atomic E-state index is 0.102. The molecule has 1 rings (SSSR count). The number of nitrogens with one attached hydrogen (secondary N) is 2. The highest BCUT2D eigenvalue weighted by Gasteiger charge is 2.09. The molecule has 0 amide bonds. The molecule has 0 saturated carbocycles. The van der Waals surface area contributed by atoms with Crippen LogP contribution in [0.2, 0.25) is 0 Å². The van der Waals surface area contributed by atoms with E-state index in [1.165, 1.54) is 0 Å². The standard InChI is InChI=1S/C11H17BrN2O2S/c1-2-13-7-8-17(15,16)14-9-10-5-3-4-6-11(10)12/h3-6,13-14H,2,7-9H2,1H3. The van der Waals surface area contributed by atoms with Crippen molar-refractivity contribution in [2.45, 2.75) is 13.5 Å². The molecule has 0 fully saturated rings. The van der Waals surface area contributed by atoms with Gasteiger partial charge in [0.15, 0.2) is 0 Å². The summed E-state index contributed by atoms with van der Waals surface area (Å²) in [5.41, 5.74) is 0.930. The SMILES string of the molecule is CCNCCS(=O)(=O)NCc1ccccc1Br. The van der Waals surface area contributed by atoms with E-state index < -0.39 is 10.0 Å². The Labute approximate surface area is 111 Å². The van der Waals surface area contributed by atoms with E-state index in [1.54, 1.807) is 0 Å². The fourth-order valence-electron chi connectivity index (χ4n) is 1.28. The van der Waals surface area contributed by atoms with E-state index in [-0.39, 0.29) is 5.75 Å². The monoisotopic (exact) mass is 320 g/mol. The van der Waals surface area contributed by atoms with E-state index in [9.17, 15) is 8.42 Å². The third kappa shape index (κ3) is 5.63. The van der Waals surface area contributed by atoms with Crippen molar-refractivity contribution in [2.75, 3.05) is 18.8 Å². The molecular weight excluding hydrogens is 304 g/mol. The fourth-order valence-corrected chi connectivity index (χ4v) is 2.64. The lowest BCUT2D eigenvalue weighted by molar-refractivity contribution is 0.577. The third-order valence-electron chi connectivity index (χ3n) is 2.24. The highest BCUT2D eigenvalue weighted by molar-refractivity contribution is 9.10. The minimum Gasteiger partial charge on any atom is -0.316 e. The molecule has 0 saturated heterocycles. The number of halogens is 1. The fraction of sp³-hybridized carbons (Fsp3) is 0.455. The second-order valence-corrected chi connectivity index (χ2v) is 6.37. The van der Waals surface area contributed by atoms with Gasteiger partial charge in [-0.2, -0.15) is 0 Å². The Bertz CT molecular complexity index is 449. The number of sulfonamides is 1. The van der Waals surface area contributed by atoms with Crippen molar-refractivity contribution in [3.05, 3.63) is 34.3 Å². The molecule has 0 unspecified atom stereocenters. The van der Waals surface area contributed by atoms with Gasteiger partial charge in [-0.3, -0.25) is 0 Å². The Morgan fingerprint density at radius 2 is 2.00 bits per heavy atom. The van der Waals surface area contributed by atoms with Gasteiger partial charge in [-0.05, 0) is 18.2 Å². The molecule has 0 heterocycles. The Morgan fingerprint density at radius 3 is 2.65 bits per heavy atom. The number of hydrogen-bond donors (Lipinski definition) is 2. The van der Waals surface area contributed by atoms with Crippen LogP contribution < -0.4 is 10.0 Å². The third-order valence-corrected chi connectivity index (χ3v) is 4.34. The first-order valence-electron chi connectivity index (χ1n) is 5.46. The maximum Gasteiger partial charge on any atom is 0.213 e. The summed E-state index contributed by atoms with van der Waals surface area (Å²) in [5.74, 6) is 0.102. The summed E-state index contributed by atoms with van der Waals surface area (Å²) in [6.45, 7) is 3.51. The van der Waals surface area contributed by atoms with Crippen LogP contribution in [0.4, 0.5) is 0 Å². The maximum atomic E-state index is 11.6. The second kappa shape index (κ2) is 7.10. The van der Waals surface area contributed by atoms with Gasteiger partial charge in [0.1, 0.15) is 0 Å². The summed E-state index contributed by atoms with van der Waals surface area (Å²) >= 11 is 3.38. The van der Waals surface area contributed by atoms with E-state index in [2.05, 4.69) is 26.0 Å². The first-order chi connectivity index (χ1) is 8.05. The van der Waals surface area contributed by atoms with E-state index in [0.29, 0.717) is 13.1 Å². The predicted octanol–water partition coefficient (Wildman–Crippen LogP) is 1.48. The molecule has 0 aliphatic rings. The molecule has 0 aliphatic carbocycles. The van der Waals surface area contributed by atoms with Crippen molar-refractivity contribution in [3.63, 3.8) is 0 Å². The summed E-state index contributed by atoms with van der Waals surface area (Å²) in [7, 11) is -3.20. The molecule has 0 aromatic heterocycles. The summed E-state index contributed by atoms with van der Waals surface area (Å²) < 4.78 is 26.7. The molecule has 2 N–H and O–H groups in total. The van der Waals surface area contributed by atoms with E-state index in [0.717, 1.165) is 16.6 Å². The van der Waals surface area contributed by atoms with Crippen molar-refractivity contribution >= 4 is 26.0 Å². The van der Waals surface area contributed by atoms with E-state index in [4.69, 9.17) is 0 Å². The molecular formula is C11H17BrN2O2S. The van der Waals surface area contributed by atoms with Crippen molar-refractivity contribution in [2.24, 2.45) is 0 Å². The Balaban J connectivity index is 2.47. The van der Waals surface area contributed by atoms with Crippen LogP contribution in [0.1, 0.15) is 12.5 Å². The van der Waals surface area contributed by atoms with Crippen molar-refractivity contribution < 1.29 is 8.42 Å². The van der Waals surface area contributed by atoms with Gasteiger partial charge in [-0.25, -0.2) is 13.1 Å². The topological polar surface area (TPSA) is 58.2 Å². The van der Waals surface area contributed by atoms with Crippen LogP contribution >= 0.6 is 15.9 Å². The lowest BCUT2D eigenvalue weighted by Crippen LogP contribution is -2.31. The van der Waals surface area contributed by atoms with Crippen molar-refractivity contribution in [3.8, 4) is 0 Å². The average molecular weight is 321 g/mol. The molecule has 0 atom stereocenters. The van der Waals surface area contributed by atoms with Crippen LogP contribution in [0, 0.1) is 0 Å². The van der Waals surface area contributed by atoms with Gasteiger partial charge in [0.2, 0.25) is 10.0 Å². The first kappa shape index (κ1) is 14.6. The molecule has 0 bridgehead atoms. The Hall–Kier alpha value is -0.430. The number of benzene rings is 1. The Kier molecular flexibility index (Phi) is 6.11. The minimum atomic E-state index is -3.20. The summed E-state index contributed by atoms with van der Waals surface area (Å²) in [4.78, 5) is 0. The lowest BCUT2D eigenvalue weighted by atomic mass is 10.2. The van der Waals surface area contributed by atoms with Gasteiger partial charge >= 0.3 is 0 Å². The van der Waals surface area contributed by atoms with Crippen LogP contribution in [0.5, 0.6) is 0 Å². The second-order valence-electron chi connectivity index (χ2n) is 3.58. The number of rotatable bonds is 7. The normalized spacial score (nSPS) is 11.6. The predicted molar refractivity (Wildman–Crippen MR) is 73.3 cm³/mol. The average Bonchev–Trinajstić information content (AvgIpc) is 2.28. The molecule has 17 heavy (non-hydrogen) atoms. The van der Waals surface area contributed by atoms with Crippen LogP contribution in [-0.2, 0) is 16.6 Å². The van der Waals surface area contributed by atoms with Gasteiger partial charge in [-0.15, -0.1) is 0 Å². The van der Waals surface area contributed by atoms with Crippen molar-refractivity contribution in [1.82, 2.24) is 10.0 Å². The van der Waals surface area contributed by atoms with E-state index >= 15 is 0 Å². The summed E-state index contributed by atoms with van der Waals surface area (Å²) in [5, 5.41) is 2.99. The molecule has 0 radical (unpaired) electrons. The van der Waals surface area contributed by atoms with Gasteiger partial charge in [0.25, 0.3) is 0 Å². The molecule has 0 spiro atoms. The number of hydrogen-bond acceptors (Lipinski definition) is 3. The van der Waals surface area contributed by atoms with Gasteiger partial charge < -0.3 is 5.32 Å². The van der Waals surface area contributed by atoms with Crippen LogP contribution in [0.25, 0.3) is 0 Å². The molecule has 0 aliphatic heterocycles. The van der Waals surface area contributed by atoms with Gasteiger partial charge in [-0.1, -0.05) is 41.1 Å². The van der Waals surface area contributed by atoms with E-state index in [1.807, 2.05) is 31.2 Å². The maximum absolute atomic E-state index is 11.6.